The number of sulfonamides is 1. The molecule has 1 aliphatic heterocycles. The molecule has 2 aromatic carbocycles. The highest BCUT2D eigenvalue weighted by molar-refractivity contribution is 7.92. The van der Waals surface area contributed by atoms with E-state index in [1.165, 1.54) is 12.0 Å². The van der Waals surface area contributed by atoms with E-state index >= 15 is 0 Å². The van der Waals surface area contributed by atoms with Crippen LogP contribution in [0, 0.1) is 12.8 Å². The van der Waals surface area contributed by atoms with Gasteiger partial charge in [0.2, 0.25) is 15.9 Å². The summed E-state index contributed by atoms with van der Waals surface area (Å²) in [6.45, 7) is 2.05. The van der Waals surface area contributed by atoms with E-state index < -0.39 is 10.0 Å². The van der Waals surface area contributed by atoms with Gasteiger partial charge < -0.3 is 0 Å². The minimum Gasteiger partial charge on any atom is -0.284 e. The Morgan fingerprint density at radius 1 is 1.06 bits per heavy atom. The summed E-state index contributed by atoms with van der Waals surface area (Å²) < 4.78 is 25.8. The molecule has 31 heavy (non-hydrogen) atoms. The number of hydrazone groups is 1. The van der Waals surface area contributed by atoms with Crippen molar-refractivity contribution in [1.82, 2.24) is 5.01 Å². The van der Waals surface area contributed by atoms with Gasteiger partial charge in [-0.2, -0.15) is 5.10 Å². The average molecular weight is 440 g/mol. The molecule has 2 aliphatic rings. The maximum Gasteiger partial charge on any atom is 0.246 e. The molecule has 1 saturated carbocycles. The van der Waals surface area contributed by atoms with Crippen LogP contribution < -0.4 is 4.72 Å². The number of carbonyl (C=O) groups excluding carboxylic acids is 1. The molecule has 1 fully saturated rings. The number of nitrogens with zero attached hydrogens (tertiary/aromatic N) is 2. The van der Waals surface area contributed by atoms with Gasteiger partial charge in [0.05, 0.1) is 18.0 Å². The predicted molar refractivity (Wildman–Crippen MR) is 123 cm³/mol. The smallest absolute Gasteiger partial charge is 0.246 e. The van der Waals surface area contributed by atoms with Gasteiger partial charge in [-0.25, -0.2) is 13.4 Å². The maximum atomic E-state index is 13.4. The molecule has 1 amide bonds. The fraction of sp³-hybridized carbons (Fsp3) is 0.417. The summed E-state index contributed by atoms with van der Waals surface area (Å²) in [7, 11) is -3.37. The van der Waals surface area contributed by atoms with E-state index in [0.29, 0.717) is 12.1 Å². The highest BCUT2D eigenvalue weighted by Gasteiger charge is 2.36. The second kappa shape index (κ2) is 8.83. The molecule has 1 atom stereocenters. The van der Waals surface area contributed by atoms with E-state index in [1.54, 1.807) is 23.2 Å². The van der Waals surface area contributed by atoms with E-state index in [-0.39, 0.29) is 17.9 Å². The molecular weight excluding hydrogens is 410 g/mol. The lowest BCUT2D eigenvalue weighted by Gasteiger charge is -2.28. The quantitative estimate of drug-likeness (QED) is 0.738. The summed E-state index contributed by atoms with van der Waals surface area (Å²) in [5, 5.41) is 6.46. The molecule has 164 valence electrons. The molecule has 0 saturated heterocycles. The molecule has 2 aromatic rings. The van der Waals surface area contributed by atoms with Crippen LogP contribution in [0.1, 0.15) is 61.3 Å². The minimum absolute atomic E-state index is 0.0306. The molecule has 1 aliphatic carbocycles. The maximum absolute atomic E-state index is 13.4. The molecule has 7 heteroatoms. The van der Waals surface area contributed by atoms with Gasteiger partial charge in [-0.1, -0.05) is 61.2 Å². The summed E-state index contributed by atoms with van der Waals surface area (Å²) in [6.07, 6.45) is 6.96. The van der Waals surface area contributed by atoms with Crippen LogP contribution in [0.15, 0.2) is 53.6 Å². The molecule has 0 unspecified atom stereocenters. The van der Waals surface area contributed by atoms with Crippen LogP contribution >= 0.6 is 0 Å². The van der Waals surface area contributed by atoms with E-state index in [1.807, 2.05) is 13.0 Å². The first-order chi connectivity index (χ1) is 14.8. The standard InChI is InChI=1S/C24H29N3O3S/c1-17-11-13-18(14-12-17)23-16-22(20-9-6-10-21(15-20)26-31(2,29)30)25-27(23)24(28)19-7-4-3-5-8-19/h6,9-15,19,23,26H,3-5,7-8,16H2,1-2H3/t23-/m1/s1. The van der Waals surface area contributed by atoms with Crippen LogP contribution in [0.25, 0.3) is 0 Å². The third kappa shape index (κ3) is 5.15. The summed E-state index contributed by atoms with van der Waals surface area (Å²) >= 11 is 0. The molecule has 0 bridgehead atoms. The molecule has 0 radical (unpaired) electrons. The Balaban J connectivity index is 1.66. The molecule has 6 nitrogen and oxygen atoms in total. The normalized spacial score (nSPS) is 19.9. The van der Waals surface area contributed by atoms with Crippen molar-refractivity contribution in [3.8, 4) is 0 Å². The third-order valence-electron chi connectivity index (χ3n) is 6.05. The van der Waals surface area contributed by atoms with E-state index in [0.717, 1.165) is 48.8 Å². The SMILES string of the molecule is Cc1ccc([C@H]2CC(c3cccc(NS(C)(=O)=O)c3)=NN2C(=O)C2CCCCC2)cc1. The third-order valence-corrected chi connectivity index (χ3v) is 6.66. The van der Waals surface area contributed by atoms with Crippen LogP contribution in [-0.2, 0) is 14.8 Å². The van der Waals surface area contributed by atoms with Gasteiger partial charge in [0, 0.05) is 18.0 Å². The Hall–Kier alpha value is -2.67. The Kier molecular flexibility index (Phi) is 6.14. The Labute approximate surface area is 184 Å². The summed E-state index contributed by atoms with van der Waals surface area (Å²) in [5.41, 5.74) is 4.36. The Morgan fingerprint density at radius 2 is 1.77 bits per heavy atom. The number of nitrogens with one attached hydrogen (secondary N) is 1. The van der Waals surface area contributed by atoms with Crippen LogP contribution in [0.3, 0.4) is 0 Å². The minimum atomic E-state index is -3.37. The van der Waals surface area contributed by atoms with Crippen molar-refractivity contribution in [1.29, 1.82) is 0 Å². The number of anilines is 1. The first-order valence-corrected chi connectivity index (χ1v) is 12.7. The molecule has 1 N–H and O–H groups in total. The second-order valence-corrected chi connectivity index (χ2v) is 10.4. The topological polar surface area (TPSA) is 78.8 Å². The lowest BCUT2D eigenvalue weighted by molar-refractivity contribution is -0.138. The number of hydrogen-bond donors (Lipinski definition) is 1. The molecule has 4 rings (SSSR count). The largest absolute Gasteiger partial charge is 0.284 e. The van der Waals surface area contributed by atoms with Crippen LogP contribution in [0.4, 0.5) is 5.69 Å². The van der Waals surface area contributed by atoms with Gasteiger partial charge in [-0.3, -0.25) is 9.52 Å². The zero-order valence-corrected chi connectivity index (χ0v) is 18.9. The van der Waals surface area contributed by atoms with Crippen LogP contribution in [-0.4, -0.2) is 31.3 Å². The van der Waals surface area contributed by atoms with E-state index in [4.69, 9.17) is 5.10 Å². The predicted octanol–water partition coefficient (Wildman–Crippen LogP) is 4.62. The van der Waals surface area contributed by atoms with Crippen molar-refractivity contribution in [3.05, 3.63) is 65.2 Å². The van der Waals surface area contributed by atoms with Gasteiger partial charge in [0.15, 0.2) is 0 Å². The van der Waals surface area contributed by atoms with Gasteiger partial charge in [0.25, 0.3) is 0 Å². The van der Waals surface area contributed by atoms with Gasteiger partial charge in [-0.05, 0) is 43.0 Å². The number of benzene rings is 2. The second-order valence-electron chi connectivity index (χ2n) is 8.65. The summed E-state index contributed by atoms with van der Waals surface area (Å²) in [5.74, 6) is 0.133. The fourth-order valence-electron chi connectivity index (χ4n) is 4.45. The van der Waals surface area contributed by atoms with Gasteiger partial charge in [-0.15, -0.1) is 0 Å². The molecular formula is C24H29N3O3S. The number of aryl methyl sites for hydroxylation is 1. The van der Waals surface area contributed by atoms with Crippen LogP contribution in [0.5, 0.6) is 0 Å². The summed E-state index contributed by atoms with van der Waals surface area (Å²) in [4.78, 5) is 13.4. The van der Waals surface area contributed by atoms with Gasteiger partial charge >= 0.3 is 0 Å². The zero-order valence-electron chi connectivity index (χ0n) is 18.0. The lowest BCUT2D eigenvalue weighted by atomic mass is 9.88. The zero-order chi connectivity index (χ0) is 22.0. The first kappa shape index (κ1) is 21.6. The average Bonchev–Trinajstić information content (AvgIpc) is 3.19. The number of amides is 1. The monoisotopic (exact) mass is 439 g/mol. The van der Waals surface area contributed by atoms with Crippen molar-refractivity contribution >= 4 is 27.3 Å². The van der Waals surface area contributed by atoms with Crippen molar-refractivity contribution in [3.63, 3.8) is 0 Å². The Bertz CT molecular complexity index is 1090. The first-order valence-electron chi connectivity index (χ1n) is 10.9. The van der Waals surface area contributed by atoms with Crippen LogP contribution in [0.2, 0.25) is 0 Å². The highest BCUT2D eigenvalue weighted by atomic mass is 32.2. The Morgan fingerprint density at radius 3 is 2.45 bits per heavy atom. The summed E-state index contributed by atoms with van der Waals surface area (Å²) in [6, 6.07) is 15.3. The lowest BCUT2D eigenvalue weighted by Crippen LogP contribution is -2.33. The number of hydrogen-bond acceptors (Lipinski definition) is 4. The molecule has 0 spiro atoms. The fourth-order valence-corrected chi connectivity index (χ4v) is 5.00. The van der Waals surface area contributed by atoms with Crippen molar-refractivity contribution < 1.29 is 13.2 Å². The molecule has 0 aromatic heterocycles. The van der Waals surface area contributed by atoms with Crippen molar-refractivity contribution in [2.24, 2.45) is 11.0 Å². The molecule has 1 heterocycles. The highest BCUT2D eigenvalue weighted by Crippen LogP contribution is 2.36. The van der Waals surface area contributed by atoms with Gasteiger partial charge in [0.1, 0.15) is 0 Å². The van der Waals surface area contributed by atoms with Crippen molar-refractivity contribution in [2.45, 2.75) is 51.5 Å². The number of carbonyl (C=O) groups is 1. The van der Waals surface area contributed by atoms with Crippen molar-refractivity contribution in [2.75, 3.05) is 11.0 Å². The van der Waals surface area contributed by atoms with E-state index in [2.05, 4.69) is 29.0 Å². The number of rotatable bonds is 5. The van der Waals surface area contributed by atoms with E-state index in [9.17, 15) is 13.2 Å².